The third-order valence-electron chi connectivity index (χ3n) is 5.48. The number of carbonyl (C=O) groups excluding carboxylic acids is 2. The molecule has 6 heteroatoms. The number of fused-ring (bicyclic) bond motifs is 1. The van der Waals surface area contributed by atoms with Crippen molar-refractivity contribution in [2.45, 2.75) is 26.2 Å². The summed E-state index contributed by atoms with van der Waals surface area (Å²) in [5, 5.41) is 3.22. The number of pyridine rings is 1. The van der Waals surface area contributed by atoms with Gasteiger partial charge in [0.25, 0.3) is 5.91 Å². The largest absolute Gasteiger partial charge is 0.396 e. The SMILES string of the molecule is CCCCc1ccc(C(=O)c2c(N)c(C(=O)Nc3ccccc3Cl)c3ccccn23)cc1. The third kappa shape index (κ3) is 4.12. The van der Waals surface area contributed by atoms with Crippen molar-refractivity contribution < 1.29 is 9.59 Å². The molecule has 5 nitrogen and oxygen atoms in total. The normalized spacial score (nSPS) is 10.9. The van der Waals surface area contributed by atoms with E-state index in [9.17, 15) is 9.59 Å². The van der Waals surface area contributed by atoms with Gasteiger partial charge in [-0.1, -0.05) is 67.4 Å². The van der Waals surface area contributed by atoms with Gasteiger partial charge in [-0.25, -0.2) is 0 Å². The number of nitrogens with zero attached hydrogens (tertiary/aromatic N) is 1. The zero-order chi connectivity index (χ0) is 22.7. The van der Waals surface area contributed by atoms with Crippen molar-refractivity contribution in [3.05, 3.63) is 100 Å². The first-order valence-corrected chi connectivity index (χ1v) is 11.0. The van der Waals surface area contributed by atoms with Crippen molar-refractivity contribution in [2.24, 2.45) is 0 Å². The molecule has 2 aromatic carbocycles. The fourth-order valence-electron chi connectivity index (χ4n) is 3.79. The molecular formula is C26H24ClN3O2. The maximum Gasteiger partial charge on any atom is 0.260 e. The molecule has 0 spiro atoms. The molecule has 1 amide bonds. The second kappa shape index (κ2) is 9.28. The van der Waals surface area contributed by atoms with Gasteiger partial charge < -0.3 is 15.5 Å². The number of aromatic nitrogens is 1. The first kappa shape index (κ1) is 21.7. The van der Waals surface area contributed by atoms with E-state index in [-0.39, 0.29) is 22.7 Å². The first-order valence-electron chi connectivity index (χ1n) is 10.6. The van der Waals surface area contributed by atoms with Crippen LogP contribution in [0, 0.1) is 0 Å². The van der Waals surface area contributed by atoms with Crippen LogP contribution in [0.2, 0.25) is 5.02 Å². The van der Waals surface area contributed by atoms with Gasteiger partial charge in [0.05, 0.1) is 27.5 Å². The Balaban J connectivity index is 1.73. The molecule has 0 aliphatic heterocycles. The molecule has 4 rings (SSSR count). The molecule has 162 valence electrons. The summed E-state index contributed by atoms with van der Waals surface area (Å²) in [6.45, 7) is 2.15. The zero-order valence-corrected chi connectivity index (χ0v) is 18.5. The zero-order valence-electron chi connectivity index (χ0n) is 17.8. The Labute approximate surface area is 191 Å². The smallest absolute Gasteiger partial charge is 0.260 e. The van der Waals surface area contributed by atoms with Gasteiger partial charge in [-0.2, -0.15) is 0 Å². The number of rotatable bonds is 7. The van der Waals surface area contributed by atoms with E-state index in [4.69, 9.17) is 17.3 Å². The summed E-state index contributed by atoms with van der Waals surface area (Å²) >= 11 is 6.19. The number of nitrogens with two attached hydrogens (primary N) is 1. The third-order valence-corrected chi connectivity index (χ3v) is 5.81. The number of nitrogens with one attached hydrogen (secondary N) is 1. The van der Waals surface area contributed by atoms with Gasteiger partial charge in [0.15, 0.2) is 0 Å². The van der Waals surface area contributed by atoms with E-state index >= 15 is 0 Å². The van der Waals surface area contributed by atoms with Crippen molar-refractivity contribution in [2.75, 3.05) is 11.1 Å². The summed E-state index contributed by atoms with van der Waals surface area (Å²) in [4.78, 5) is 26.5. The number of nitrogen functional groups attached to an aromatic ring is 1. The molecule has 0 aliphatic carbocycles. The van der Waals surface area contributed by atoms with E-state index in [2.05, 4.69) is 12.2 Å². The molecule has 0 fully saturated rings. The summed E-state index contributed by atoms with van der Waals surface area (Å²) < 4.78 is 1.67. The van der Waals surface area contributed by atoms with Crippen LogP contribution in [-0.2, 0) is 6.42 Å². The lowest BCUT2D eigenvalue weighted by Gasteiger charge is -2.07. The second-order valence-corrected chi connectivity index (χ2v) is 8.06. The minimum atomic E-state index is -0.423. The lowest BCUT2D eigenvalue weighted by Crippen LogP contribution is -2.14. The Kier molecular flexibility index (Phi) is 6.28. The van der Waals surface area contributed by atoms with Crippen molar-refractivity contribution in [3.63, 3.8) is 0 Å². The Morgan fingerprint density at radius 3 is 2.44 bits per heavy atom. The number of halogens is 1. The maximum atomic E-state index is 13.4. The van der Waals surface area contributed by atoms with Gasteiger partial charge in [-0.3, -0.25) is 9.59 Å². The minimum Gasteiger partial charge on any atom is -0.396 e. The number of carbonyl (C=O) groups is 2. The van der Waals surface area contributed by atoms with Gasteiger partial charge in [0.1, 0.15) is 5.69 Å². The number of benzene rings is 2. The van der Waals surface area contributed by atoms with E-state index in [1.807, 2.05) is 24.3 Å². The highest BCUT2D eigenvalue weighted by molar-refractivity contribution is 6.34. The van der Waals surface area contributed by atoms with Gasteiger partial charge in [0.2, 0.25) is 5.78 Å². The van der Waals surface area contributed by atoms with Crippen LogP contribution in [0.1, 0.15) is 51.7 Å². The van der Waals surface area contributed by atoms with Crippen molar-refractivity contribution in [1.29, 1.82) is 0 Å². The molecule has 3 N–H and O–H groups in total. The van der Waals surface area contributed by atoms with Crippen LogP contribution in [0.5, 0.6) is 0 Å². The van der Waals surface area contributed by atoms with Gasteiger partial charge in [-0.15, -0.1) is 0 Å². The predicted molar refractivity (Wildman–Crippen MR) is 130 cm³/mol. The van der Waals surface area contributed by atoms with E-state index in [1.54, 1.807) is 53.1 Å². The monoisotopic (exact) mass is 445 g/mol. The molecule has 2 heterocycles. The topological polar surface area (TPSA) is 76.6 Å². The van der Waals surface area contributed by atoms with Crippen molar-refractivity contribution >= 4 is 40.2 Å². The predicted octanol–water partition coefficient (Wildman–Crippen LogP) is 6.00. The molecule has 0 aliphatic rings. The molecule has 0 saturated carbocycles. The molecular weight excluding hydrogens is 422 g/mol. The number of aryl methyl sites for hydroxylation is 1. The average molecular weight is 446 g/mol. The Hall–Kier alpha value is -3.57. The van der Waals surface area contributed by atoms with Crippen molar-refractivity contribution in [3.8, 4) is 0 Å². The Morgan fingerprint density at radius 2 is 1.72 bits per heavy atom. The highest BCUT2D eigenvalue weighted by Gasteiger charge is 2.26. The van der Waals surface area contributed by atoms with Gasteiger partial charge in [0, 0.05) is 11.8 Å². The van der Waals surface area contributed by atoms with Crippen LogP contribution in [0.4, 0.5) is 11.4 Å². The first-order chi connectivity index (χ1) is 15.5. The molecule has 2 aromatic heterocycles. The molecule has 0 saturated heterocycles. The molecule has 0 bridgehead atoms. The summed E-state index contributed by atoms with van der Waals surface area (Å²) in [6, 6.07) is 19.9. The lowest BCUT2D eigenvalue weighted by molar-refractivity contribution is 0.102. The second-order valence-electron chi connectivity index (χ2n) is 7.66. The van der Waals surface area contributed by atoms with Crippen molar-refractivity contribution in [1.82, 2.24) is 4.40 Å². The number of hydrogen-bond donors (Lipinski definition) is 2. The summed E-state index contributed by atoms with van der Waals surface area (Å²) in [5.41, 5.74) is 9.81. The highest BCUT2D eigenvalue weighted by atomic mass is 35.5. The fraction of sp³-hybridized carbons (Fsp3) is 0.154. The molecule has 4 aromatic rings. The number of para-hydroxylation sites is 1. The number of anilines is 2. The van der Waals surface area contributed by atoms with E-state index in [0.717, 1.165) is 19.3 Å². The Bertz CT molecular complexity index is 1290. The maximum absolute atomic E-state index is 13.4. The molecule has 0 atom stereocenters. The number of hydrogen-bond acceptors (Lipinski definition) is 3. The molecule has 32 heavy (non-hydrogen) atoms. The Morgan fingerprint density at radius 1 is 1.00 bits per heavy atom. The summed E-state index contributed by atoms with van der Waals surface area (Å²) in [7, 11) is 0. The van der Waals surface area contributed by atoms with E-state index in [1.165, 1.54) is 5.56 Å². The minimum absolute atomic E-state index is 0.140. The number of amides is 1. The van der Waals surface area contributed by atoms with Crippen LogP contribution in [0.3, 0.4) is 0 Å². The summed E-state index contributed by atoms with van der Waals surface area (Å²) in [6.07, 6.45) is 4.94. The van der Waals surface area contributed by atoms with Crippen LogP contribution >= 0.6 is 11.6 Å². The fourth-order valence-corrected chi connectivity index (χ4v) is 3.97. The van der Waals surface area contributed by atoms with Crippen LogP contribution in [-0.4, -0.2) is 16.1 Å². The molecule has 0 unspecified atom stereocenters. The lowest BCUT2D eigenvalue weighted by atomic mass is 10.0. The van der Waals surface area contributed by atoms with Crippen LogP contribution in [0.15, 0.2) is 72.9 Å². The molecule has 0 radical (unpaired) electrons. The van der Waals surface area contributed by atoms with Gasteiger partial charge in [-0.05, 0) is 42.7 Å². The van der Waals surface area contributed by atoms with E-state index in [0.29, 0.717) is 21.8 Å². The van der Waals surface area contributed by atoms with Gasteiger partial charge >= 0.3 is 0 Å². The number of ketones is 1. The van der Waals surface area contributed by atoms with Crippen LogP contribution < -0.4 is 11.1 Å². The van der Waals surface area contributed by atoms with E-state index < -0.39 is 5.91 Å². The standard InChI is InChI=1S/C26H24ClN3O2/c1-2-3-8-17-12-14-18(15-13-17)25(31)24-23(28)22(21-11-6-7-16-30(21)24)26(32)29-20-10-5-4-9-19(20)27/h4-7,9-16H,2-3,8,28H2,1H3,(H,29,32). The quantitative estimate of drug-likeness (QED) is 0.342. The highest BCUT2D eigenvalue weighted by Crippen LogP contribution is 2.30. The van der Waals surface area contributed by atoms with Crippen LogP contribution in [0.25, 0.3) is 5.52 Å². The average Bonchev–Trinajstić information content (AvgIpc) is 3.10. The summed E-state index contributed by atoms with van der Waals surface area (Å²) in [5.74, 6) is -0.657. The number of unbranched alkanes of at least 4 members (excludes halogenated alkanes) is 1.